The molecule has 0 radical (unpaired) electrons. The zero-order valence-corrected chi connectivity index (χ0v) is 42.6. The molecule has 0 aliphatic carbocycles. The first-order valence-electron chi connectivity index (χ1n) is 23.9. The van der Waals surface area contributed by atoms with Gasteiger partial charge in [-0.05, 0) is 81.8 Å². The smallest absolute Gasteiger partial charge is 0.409 e. The van der Waals surface area contributed by atoms with Crippen LogP contribution in [0.5, 0.6) is 5.75 Å². The highest BCUT2D eigenvalue weighted by Crippen LogP contribution is 2.49. The highest BCUT2D eigenvalue weighted by Gasteiger charge is 2.64. The van der Waals surface area contributed by atoms with Gasteiger partial charge in [-0.2, -0.15) is 0 Å². The third kappa shape index (κ3) is 13.2. The maximum atomic E-state index is 14.3. The minimum absolute atomic E-state index is 0.00156. The predicted octanol–water partition coefficient (Wildman–Crippen LogP) is 5.25. The van der Waals surface area contributed by atoms with Crippen LogP contribution in [0.25, 0.3) is 0 Å². The number of aryl methyl sites for hydroxylation is 1. The van der Waals surface area contributed by atoms with Gasteiger partial charge in [0.25, 0.3) is 11.8 Å². The maximum absolute atomic E-state index is 14.3. The molecule has 2 aromatic carbocycles. The zero-order chi connectivity index (χ0) is 52.7. The Bertz CT molecular complexity index is 2470. The first-order valence-corrected chi connectivity index (χ1v) is 24.2. The lowest BCUT2D eigenvalue weighted by Gasteiger charge is -2.42. The van der Waals surface area contributed by atoms with E-state index in [1.807, 2.05) is 13.0 Å². The summed E-state index contributed by atoms with van der Waals surface area (Å²) in [4.78, 5) is 110. The molecule has 6 rings (SSSR count). The third-order valence-corrected chi connectivity index (χ3v) is 14.0. The van der Waals surface area contributed by atoms with E-state index < -0.39 is 83.5 Å². The van der Waals surface area contributed by atoms with Crippen molar-refractivity contribution >= 4 is 70.5 Å². The number of ether oxygens (including phenoxy) is 5. The van der Waals surface area contributed by atoms with Gasteiger partial charge in [-0.25, -0.2) is 14.4 Å². The van der Waals surface area contributed by atoms with Crippen molar-refractivity contribution in [1.82, 2.24) is 15.3 Å². The van der Waals surface area contributed by atoms with Crippen LogP contribution in [0.3, 0.4) is 0 Å². The molecule has 6 amide bonds. The van der Waals surface area contributed by atoms with Crippen LogP contribution in [-0.4, -0.2) is 133 Å². The number of carbonyl (C=O) groups excluding carboxylic acids is 8. The van der Waals surface area contributed by atoms with Crippen molar-refractivity contribution in [3.05, 3.63) is 76.3 Å². The largest absolute Gasteiger partial charge is 0.495 e. The third-order valence-electron chi connectivity index (χ3n) is 13.6. The number of epoxide rings is 1. The van der Waals surface area contributed by atoms with E-state index in [1.165, 1.54) is 38.0 Å². The van der Waals surface area contributed by atoms with E-state index in [2.05, 4.69) is 10.6 Å². The fourth-order valence-corrected chi connectivity index (χ4v) is 9.30. The van der Waals surface area contributed by atoms with Crippen molar-refractivity contribution < 1.29 is 72.0 Å². The number of unbranched alkanes of at least 4 members (excludes halogenated alkanes) is 1. The number of halogens is 1. The van der Waals surface area contributed by atoms with Crippen molar-refractivity contribution in [3.8, 4) is 5.75 Å². The Morgan fingerprint density at radius 3 is 2.36 bits per heavy atom. The molecule has 72 heavy (non-hydrogen) atoms. The number of rotatable bonds is 15. The lowest BCUT2D eigenvalue weighted by molar-refractivity contribution is -0.197. The second-order valence-electron chi connectivity index (χ2n) is 18.9. The van der Waals surface area contributed by atoms with Crippen molar-refractivity contribution in [1.29, 1.82) is 0 Å². The van der Waals surface area contributed by atoms with Crippen molar-refractivity contribution in [2.45, 2.75) is 140 Å². The highest BCUT2D eigenvalue weighted by atomic mass is 35.5. The lowest BCUT2D eigenvalue weighted by atomic mass is 9.83. The molecule has 20 nitrogen and oxygen atoms in total. The summed E-state index contributed by atoms with van der Waals surface area (Å²) in [6.07, 6.45) is 1.51. The number of likely N-dealkylation sites (N-methyl/N-ethyl adjacent to an activating group) is 1. The molecule has 4 aliphatic heterocycles. The Morgan fingerprint density at radius 1 is 1.01 bits per heavy atom. The number of hydrogen-bond donors (Lipinski definition) is 3. The van der Waals surface area contributed by atoms with Crippen LogP contribution in [0.15, 0.2) is 60.2 Å². The van der Waals surface area contributed by atoms with Crippen molar-refractivity contribution in [2.75, 3.05) is 38.5 Å². The summed E-state index contributed by atoms with van der Waals surface area (Å²) in [5, 5.41) is 17.8. The van der Waals surface area contributed by atoms with Crippen LogP contribution in [0, 0.1) is 5.92 Å². The van der Waals surface area contributed by atoms with E-state index in [4.69, 9.17) is 40.1 Å². The minimum Gasteiger partial charge on any atom is -0.495 e. The number of amides is 6. The number of nitrogens with one attached hydrogen (secondary N) is 2. The molecule has 2 aromatic rings. The van der Waals surface area contributed by atoms with E-state index in [0.29, 0.717) is 47.9 Å². The minimum atomic E-state index is -1.88. The van der Waals surface area contributed by atoms with Gasteiger partial charge in [0.1, 0.15) is 40.7 Å². The van der Waals surface area contributed by atoms with Gasteiger partial charge < -0.3 is 48.7 Å². The lowest BCUT2D eigenvalue weighted by Crippen LogP contribution is -2.63. The fourth-order valence-electron chi connectivity index (χ4n) is 8.98. The Labute approximate surface area is 423 Å². The molecular weight excluding hydrogens is 958 g/mol. The molecular formula is C51H64ClN5O15. The van der Waals surface area contributed by atoms with Crippen LogP contribution in [0.4, 0.5) is 16.2 Å². The number of alkyl carbamates (subject to hydrolysis) is 1. The summed E-state index contributed by atoms with van der Waals surface area (Å²) >= 11 is 6.81. The van der Waals surface area contributed by atoms with Gasteiger partial charge in [0.05, 0.1) is 25.3 Å². The summed E-state index contributed by atoms with van der Waals surface area (Å²) in [5.74, 6) is -4.04. The number of esters is 1. The quantitative estimate of drug-likeness (QED) is 0.0892. The second-order valence-corrected chi connectivity index (χ2v) is 19.3. The van der Waals surface area contributed by atoms with E-state index >= 15 is 0 Å². The van der Waals surface area contributed by atoms with E-state index in [1.54, 1.807) is 69.4 Å². The molecule has 3 fully saturated rings. The fraction of sp³-hybridized carbons (Fsp3) is 0.529. The molecule has 0 unspecified atom stereocenters. The van der Waals surface area contributed by atoms with Crippen molar-refractivity contribution in [2.24, 2.45) is 5.92 Å². The molecule has 0 saturated carbocycles. The summed E-state index contributed by atoms with van der Waals surface area (Å²) in [6.45, 7) is 6.88. The molecule has 4 aliphatic rings. The number of carbonyl (C=O) groups is 8. The van der Waals surface area contributed by atoms with Crippen LogP contribution in [0.2, 0.25) is 5.02 Å². The number of methoxy groups -OCH3 is 2. The Morgan fingerprint density at radius 2 is 1.69 bits per heavy atom. The van der Waals surface area contributed by atoms with Crippen LogP contribution < -0.4 is 20.3 Å². The Hall–Kier alpha value is -6.35. The van der Waals surface area contributed by atoms with E-state index in [0.717, 1.165) is 16.7 Å². The number of hydrogen-bond acceptors (Lipinski definition) is 15. The molecule has 390 valence electrons. The summed E-state index contributed by atoms with van der Waals surface area (Å²) in [6, 6.07) is 9.34. The monoisotopic (exact) mass is 1020 g/mol. The molecule has 4 bridgehead atoms. The molecule has 0 aromatic heterocycles. The van der Waals surface area contributed by atoms with E-state index in [-0.39, 0.29) is 61.8 Å². The average Bonchev–Trinajstić information content (AvgIpc) is 3.95. The molecule has 3 saturated heterocycles. The second kappa shape index (κ2) is 23.5. The number of fused-ring (bicyclic) bond motifs is 5. The van der Waals surface area contributed by atoms with Gasteiger partial charge in [-0.1, -0.05) is 54.5 Å². The molecule has 3 N–H and O–H groups in total. The molecule has 21 heteroatoms. The number of aliphatic hydroxyl groups is 1. The topological polar surface area (TPSA) is 249 Å². The van der Waals surface area contributed by atoms with Gasteiger partial charge >= 0.3 is 18.0 Å². The number of allylic oxidation sites excluding steroid dienone is 3. The van der Waals surface area contributed by atoms with Crippen LogP contribution in [-0.2, 0) is 70.2 Å². The molecule has 8 atom stereocenters. The first-order chi connectivity index (χ1) is 34.1. The highest BCUT2D eigenvalue weighted by molar-refractivity contribution is 6.35. The van der Waals surface area contributed by atoms with Gasteiger partial charge in [0, 0.05) is 71.3 Å². The normalized spacial score (nSPS) is 27.0. The van der Waals surface area contributed by atoms with E-state index in [9.17, 15) is 43.5 Å². The first kappa shape index (κ1) is 55.0. The van der Waals surface area contributed by atoms with Crippen LogP contribution in [0.1, 0.15) is 96.6 Å². The van der Waals surface area contributed by atoms with Crippen molar-refractivity contribution in [3.63, 3.8) is 0 Å². The number of hydroxylamine groups is 2. The number of imide groups is 1. The molecule has 4 heterocycles. The number of anilines is 2. The number of benzene rings is 2. The van der Waals surface area contributed by atoms with Gasteiger partial charge in [-0.15, -0.1) is 5.06 Å². The predicted molar refractivity (Wildman–Crippen MR) is 260 cm³/mol. The Kier molecular flexibility index (Phi) is 17.9. The van der Waals surface area contributed by atoms with Gasteiger partial charge in [0.15, 0.2) is 5.72 Å². The molecule has 0 spiro atoms. The summed E-state index contributed by atoms with van der Waals surface area (Å²) in [7, 11) is 5.91. The van der Waals surface area contributed by atoms with Gasteiger partial charge in [0.2, 0.25) is 17.7 Å². The SMILES string of the molecule is COc1cc2cc(c1Cl)N(C)C(=O)C[C@H](OC(=O)[C@H](C)N(C)C(=O)CCc1ccc(NC(=O)CCCCC(=O)ON3C(=O)CCC3=O)cc1)[C@]1(C)O[C@H]1[C@H](C)[C@@H]1C[C@@](O)(NC(=O)O1)[C@H](OC)/C=C/C=C(\C)C2. The average molecular weight is 1020 g/mol. The number of nitrogens with zero attached hydrogens (tertiary/aromatic N) is 3. The van der Waals surface area contributed by atoms with Gasteiger partial charge in [-0.3, -0.25) is 29.3 Å². The Balaban J connectivity index is 1.10. The maximum Gasteiger partial charge on any atom is 0.409 e. The summed E-state index contributed by atoms with van der Waals surface area (Å²) in [5.41, 5.74) is 0.160. The standard InChI is InChI=1S/C51H64ClN5O15/c1-29-12-11-13-38(68-8)51(66)28-37(69-49(65)54-51)30(2)47-50(4,71-47)39(27-44(62)56(6)35-25-33(24-29)26-36(67-7)46(35)52)70-48(64)31(3)55(5)41(59)21-18-32-16-19-34(20-17-32)53-40(58)14-9-10-15-45(63)72-57-42(60)22-23-43(57)61/h11-13,16-17,19-20,25-26,30-31,37-39,47,66H,9-10,14-15,18,21-24,27-28H2,1-8H3,(H,53,58)(H,54,65)/b13-11+,29-12+/t30-,31+,37+,38-,39+,47+,50+,51+/m1/s1. The summed E-state index contributed by atoms with van der Waals surface area (Å²) < 4.78 is 29.4. The zero-order valence-electron chi connectivity index (χ0n) is 41.8. The van der Waals surface area contributed by atoms with Crippen LogP contribution >= 0.6 is 11.6 Å².